The first kappa shape index (κ1) is 18.4. The summed E-state index contributed by atoms with van der Waals surface area (Å²) in [6, 6.07) is 0. The van der Waals surface area contributed by atoms with Crippen LogP contribution in [0.3, 0.4) is 0 Å². The molecule has 1 heterocycles. The fourth-order valence-electron chi connectivity index (χ4n) is 2.46. The second-order valence-electron chi connectivity index (χ2n) is 5.15. The van der Waals surface area contributed by atoms with Crippen LogP contribution in [0, 0.1) is 5.92 Å². The first-order chi connectivity index (χ1) is 10.2. The fraction of sp³-hybridized carbons (Fsp3) is 0.533. The average Bonchev–Trinajstić information content (AvgIpc) is 2.56. The third kappa shape index (κ3) is 5.27. The summed E-state index contributed by atoms with van der Waals surface area (Å²) < 4.78 is 64.6. The van der Waals surface area contributed by atoms with Crippen LogP contribution in [0.5, 0.6) is 0 Å². The lowest BCUT2D eigenvalue weighted by atomic mass is 9.92. The number of allylic oxidation sites excluding steroid dienone is 4. The van der Waals surface area contributed by atoms with Crippen LogP contribution >= 0.6 is 0 Å². The summed E-state index contributed by atoms with van der Waals surface area (Å²) in [6.07, 6.45) is -1.15. The van der Waals surface area contributed by atoms with E-state index in [0.717, 1.165) is 0 Å². The molecule has 2 nitrogen and oxygen atoms in total. The molecule has 0 aromatic carbocycles. The summed E-state index contributed by atoms with van der Waals surface area (Å²) in [5.41, 5.74) is -0.0584. The number of halogens is 5. The van der Waals surface area contributed by atoms with Crippen molar-refractivity contribution in [1.82, 2.24) is 4.90 Å². The van der Waals surface area contributed by atoms with E-state index in [0.29, 0.717) is 17.7 Å². The van der Waals surface area contributed by atoms with Gasteiger partial charge in [-0.3, -0.25) is 4.79 Å². The van der Waals surface area contributed by atoms with E-state index in [-0.39, 0.29) is 18.5 Å². The molecule has 0 saturated carbocycles. The molecule has 0 bridgehead atoms. The number of rotatable bonds is 4. The Balaban J connectivity index is 3.09. The van der Waals surface area contributed by atoms with Gasteiger partial charge in [-0.1, -0.05) is 18.7 Å². The van der Waals surface area contributed by atoms with Gasteiger partial charge in [0, 0.05) is 18.9 Å². The maximum absolute atomic E-state index is 13.9. The van der Waals surface area contributed by atoms with E-state index in [1.807, 2.05) is 0 Å². The largest absolute Gasteiger partial charge is 0.406 e. The zero-order valence-corrected chi connectivity index (χ0v) is 12.2. The smallest absolute Gasteiger partial charge is 0.333 e. The van der Waals surface area contributed by atoms with Gasteiger partial charge >= 0.3 is 6.18 Å². The highest BCUT2D eigenvalue weighted by molar-refractivity contribution is 5.76. The molecule has 1 saturated heterocycles. The second-order valence-corrected chi connectivity index (χ2v) is 5.15. The molecule has 0 aliphatic carbocycles. The zero-order valence-electron chi connectivity index (χ0n) is 12.2. The van der Waals surface area contributed by atoms with Gasteiger partial charge in [-0.2, -0.15) is 13.2 Å². The van der Waals surface area contributed by atoms with Crippen LogP contribution in [-0.2, 0) is 4.79 Å². The van der Waals surface area contributed by atoms with Crippen LogP contribution in [0.2, 0.25) is 0 Å². The van der Waals surface area contributed by atoms with Gasteiger partial charge in [0.25, 0.3) is 0 Å². The maximum Gasteiger partial charge on any atom is 0.406 e. The van der Waals surface area contributed by atoms with Gasteiger partial charge in [0.2, 0.25) is 5.91 Å². The molecule has 1 aliphatic rings. The standard InChI is InChI=1S/C15H18F5NO/c1-3-5-12(14(17)10(2)16)11-6-4-7-13(22)21(8-11)9-15(18,19)20/h3,5,11H,2,4,6-9H2,1H3/b5-3?,14-12-. The number of hydrogen-bond donors (Lipinski definition) is 0. The zero-order chi connectivity index (χ0) is 16.9. The number of likely N-dealkylation sites (tertiary alicyclic amines) is 1. The molecular weight excluding hydrogens is 305 g/mol. The fourth-order valence-corrected chi connectivity index (χ4v) is 2.46. The van der Waals surface area contributed by atoms with Crippen LogP contribution in [0.15, 0.2) is 36.0 Å². The molecule has 0 radical (unpaired) electrons. The summed E-state index contributed by atoms with van der Waals surface area (Å²) in [6.45, 7) is 2.78. The highest BCUT2D eigenvalue weighted by Crippen LogP contribution is 2.31. The number of amides is 1. The Hall–Kier alpha value is -1.66. The number of nitrogens with zero attached hydrogens (tertiary/aromatic N) is 1. The van der Waals surface area contributed by atoms with Crippen LogP contribution in [0.25, 0.3) is 0 Å². The first-order valence-electron chi connectivity index (χ1n) is 6.87. The van der Waals surface area contributed by atoms with Crippen molar-refractivity contribution in [2.75, 3.05) is 13.1 Å². The van der Waals surface area contributed by atoms with Crippen molar-refractivity contribution in [2.24, 2.45) is 5.92 Å². The van der Waals surface area contributed by atoms with Gasteiger partial charge in [-0.15, -0.1) is 0 Å². The third-order valence-electron chi connectivity index (χ3n) is 3.38. The molecule has 124 valence electrons. The summed E-state index contributed by atoms with van der Waals surface area (Å²) in [4.78, 5) is 12.4. The summed E-state index contributed by atoms with van der Waals surface area (Å²) in [7, 11) is 0. The van der Waals surface area contributed by atoms with E-state index in [1.165, 1.54) is 12.2 Å². The van der Waals surface area contributed by atoms with E-state index in [2.05, 4.69) is 6.58 Å². The summed E-state index contributed by atoms with van der Waals surface area (Å²) >= 11 is 0. The van der Waals surface area contributed by atoms with E-state index >= 15 is 0 Å². The van der Waals surface area contributed by atoms with Gasteiger partial charge in [0.15, 0.2) is 11.7 Å². The lowest BCUT2D eigenvalue weighted by Gasteiger charge is -2.26. The number of hydrogen-bond acceptors (Lipinski definition) is 1. The maximum atomic E-state index is 13.9. The van der Waals surface area contributed by atoms with Gasteiger partial charge in [0.05, 0.1) is 0 Å². The van der Waals surface area contributed by atoms with E-state index in [9.17, 15) is 26.7 Å². The number of alkyl halides is 3. The SMILES string of the molecule is C=C(F)/C(F)=C(\C=CC)C1CCCC(=O)N(CC(F)(F)F)C1. The van der Waals surface area contributed by atoms with E-state index in [1.54, 1.807) is 6.92 Å². The van der Waals surface area contributed by atoms with Crippen LogP contribution < -0.4 is 0 Å². The van der Waals surface area contributed by atoms with Gasteiger partial charge < -0.3 is 4.90 Å². The molecule has 1 atom stereocenters. The monoisotopic (exact) mass is 323 g/mol. The Labute approximate surface area is 126 Å². The summed E-state index contributed by atoms with van der Waals surface area (Å²) in [5.74, 6) is -3.77. The summed E-state index contributed by atoms with van der Waals surface area (Å²) in [5, 5.41) is 0. The molecule has 1 fully saturated rings. The molecule has 1 rings (SSSR count). The predicted molar refractivity (Wildman–Crippen MR) is 73.2 cm³/mol. The predicted octanol–water partition coefficient (Wildman–Crippen LogP) is 4.46. The highest BCUT2D eigenvalue weighted by atomic mass is 19.4. The molecule has 0 aromatic heterocycles. The molecule has 0 spiro atoms. The van der Waals surface area contributed by atoms with Crippen LogP contribution in [-0.4, -0.2) is 30.1 Å². The first-order valence-corrected chi connectivity index (χ1v) is 6.87. The molecule has 1 amide bonds. The van der Waals surface area contributed by atoms with Gasteiger partial charge in [-0.25, -0.2) is 8.78 Å². The van der Waals surface area contributed by atoms with Crippen molar-refractivity contribution in [3.05, 3.63) is 36.0 Å². The molecule has 0 aromatic rings. The topological polar surface area (TPSA) is 20.3 Å². The molecular formula is C15H18F5NO. The normalized spacial score (nSPS) is 21.8. The van der Waals surface area contributed by atoms with E-state index < -0.39 is 36.2 Å². The third-order valence-corrected chi connectivity index (χ3v) is 3.38. The molecule has 1 unspecified atom stereocenters. The lowest BCUT2D eigenvalue weighted by molar-refractivity contribution is -0.161. The minimum absolute atomic E-state index is 0.0338. The van der Waals surface area contributed by atoms with Gasteiger partial charge in [0.1, 0.15) is 6.54 Å². The minimum Gasteiger partial charge on any atom is -0.333 e. The van der Waals surface area contributed by atoms with Crippen LogP contribution in [0.1, 0.15) is 26.2 Å². The van der Waals surface area contributed by atoms with Crippen molar-refractivity contribution < 1.29 is 26.7 Å². The van der Waals surface area contributed by atoms with Crippen molar-refractivity contribution in [3.63, 3.8) is 0 Å². The average molecular weight is 323 g/mol. The van der Waals surface area contributed by atoms with Crippen LogP contribution in [0.4, 0.5) is 22.0 Å². The number of carbonyl (C=O) groups excluding carboxylic acids is 1. The molecule has 7 heteroatoms. The number of carbonyl (C=O) groups is 1. The Bertz CT molecular complexity index is 493. The Morgan fingerprint density at radius 1 is 1.41 bits per heavy atom. The molecule has 0 N–H and O–H groups in total. The van der Waals surface area contributed by atoms with Crippen molar-refractivity contribution in [1.29, 1.82) is 0 Å². The quantitative estimate of drug-likeness (QED) is 0.552. The Morgan fingerprint density at radius 2 is 2.05 bits per heavy atom. The highest BCUT2D eigenvalue weighted by Gasteiger charge is 2.36. The lowest BCUT2D eigenvalue weighted by Crippen LogP contribution is -2.40. The second kappa shape index (κ2) is 7.56. The Morgan fingerprint density at radius 3 is 2.55 bits per heavy atom. The molecule has 22 heavy (non-hydrogen) atoms. The minimum atomic E-state index is -4.53. The van der Waals surface area contributed by atoms with Crippen molar-refractivity contribution in [3.8, 4) is 0 Å². The van der Waals surface area contributed by atoms with Gasteiger partial charge in [-0.05, 0) is 25.3 Å². The Kier molecular flexibility index (Phi) is 6.32. The van der Waals surface area contributed by atoms with Crippen molar-refractivity contribution >= 4 is 5.91 Å². The van der Waals surface area contributed by atoms with E-state index in [4.69, 9.17) is 0 Å². The van der Waals surface area contributed by atoms with Crippen molar-refractivity contribution in [2.45, 2.75) is 32.4 Å². The molecule has 1 aliphatic heterocycles.